The molecule has 2 aromatic heterocycles. The Morgan fingerprint density at radius 1 is 1.33 bits per heavy atom. The zero-order valence-electron chi connectivity index (χ0n) is 14.1. The van der Waals surface area contributed by atoms with Gasteiger partial charge in [-0.25, -0.2) is 9.37 Å². The molecule has 3 aromatic rings. The fraction of sp³-hybridized carbons (Fsp3) is 0.350. The third-order valence-electron chi connectivity index (χ3n) is 5.02. The summed E-state index contributed by atoms with van der Waals surface area (Å²) in [5.41, 5.74) is 4.43. The number of benzene rings is 1. The number of fused-ring (bicyclic) bond motifs is 1. The highest BCUT2D eigenvalue weighted by Crippen LogP contribution is 2.32. The number of nitrogens with zero attached hydrogens (tertiary/aromatic N) is 2. The average Bonchev–Trinajstić information content (AvgIpc) is 3.15. The van der Waals surface area contributed by atoms with Crippen LogP contribution in [0.3, 0.4) is 0 Å². The second-order valence-electron chi connectivity index (χ2n) is 7.03. The van der Waals surface area contributed by atoms with Gasteiger partial charge < -0.3 is 9.14 Å². The molecule has 0 spiro atoms. The fourth-order valence-corrected chi connectivity index (χ4v) is 3.53. The molecule has 0 radical (unpaired) electrons. The Balaban J connectivity index is 1.73. The van der Waals surface area contributed by atoms with E-state index in [0.29, 0.717) is 0 Å². The lowest BCUT2D eigenvalue weighted by Crippen LogP contribution is -2.25. The summed E-state index contributed by atoms with van der Waals surface area (Å²) in [5.74, 6) is 0.877. The first-order valence-corrected chi connectivity index (χ1v) is 8.34. The number of hydrogen-bond acceptors (Lipinski definition) is 2. The molecular weight excluding hydrogens is 303 g/mol. The summed E-state index contributed by atoms with van der Waals surface area (Å²) < 4.78 is 21.2. The van der Waals surface area contributed by atoms with Gasteiger partial charge in [0.2, 0.25) is 0 Å². The maximum atomic E-state index is 13.4. The maximum absolute atomic E-state index is 13.4. The highest BCUT2D eigenvalue weighted by molar-refractivity contribution is 5.52. The number of aromatic nitrogens is 2. The van der Waals surface area contributed by atoms with Crippen molar-refractivity contribution >= 4 is 5.52 Å². The molecule has 1 aliphatic heterocycles. The molecule has 0 saturated carbocycles. The second-order valence-corrected chi connectivity index (χ2v) is 7.03. The molecule has 1 atom stereocenters. The summed E-state index contributed by atoms with van der Waals surface area (Å²) in [4.78, 5) is 4.68. The van der Waals surface area contributed by atoms with Crippen molar-refractivity contribution in [1.82, 2.24) is 9.38 Å². The lowest BCUT2D eigenvalue weighted by molar-refractivity contribution is 0.179. The number of pyridine rings is 1. The van der Waals surface area contributed by atoms with Crippen LogP contribution < -0.4 is 0 Å². The van der Waals surface area contributed by atoms with Crippen LogP contribution in [0, 0.1) is 12.7 Å². The topological polar surface area (TPSA) is 26.5 Å². The number of ether oxygens (including phenoxy) is 1. The van der Waals surface area contributed by atoms with Crippen LogP contribution in [0.5, 0.6) is 0 Å². The van der Waals surface area contributed by atoms with Gasteiger partial charge in [-0.05, 0) is 54.7 Å². The maximum Gasteiger partial charge on any atom is 0.123 e. The van der Waals surface area contributed by atoms with Gasteiger partial charge in [0.15, 0.2) is 0 Å². The van der Waals surface area contributed by atoms with Crippen molar-refractivity contribution < 1.29 is 9.13 Å². The Kier molecular flexibility index (Phi) is 3.65. The van der Waals surface area contributed by atoms with Gasteiger partial charge in [0.05, 0.1) is 23.7 Å². The molecule has 1 fully saturated rings. The van der Waals surface area contributed by atoms with Crippen molar-refractivity contribution in [3.05, 3.63) is 71.1 Å². The first kappa shape index (κ1) is 15.3. The van der Waals surface area contributed by atoms with Gasteiger partial charge in [0, 0.05) is 12.8 Å². The van der Waals surface area contributed by atoms with Gasteiger partial charge >= 0.3 is 0 Å². The van der Waals surface area contributed by atoms with Gasteiger partial charge in [-0.15, -0.1) is 0 Å². The number of imidazole rings is 1. The first-order chi connectivity index (χ1) is 11.5. The highest BCUT2D eigenvalue weighted by Gasteiger charge is 2.35. The van der Waals surface area contributed by atoms with Crippen molar-refractivity contribution in [2.75, 3.05) is 13.2 Å². The molecule has 0 N–H and O–H groups in total. The quantitative estimate of drug-likeness (QED) is 0.726. The standard InChI is InChI=1S/C20H21FN2O/c1-14-12-23-18(11-22-19(23)20(2)6-7-24-13-20)10-16(14)8-15-4-3-5-17(21)9-15/h3-5,9-12H,6-8,13H2,1-2H3. The van der Waals surface area contributed by atoms with E-state index >= 15 is 0 Å². The predicted molar refractivity (Wildman–Crippen MR) is 91.9 cm³/mol. The van der Waals surface area contributed by atoms with Crippen molar-refractivity contribution in [3.8, 4) is 0 Å². The molecule has 0 aliphatic carbocycles. The Labute approximate surface area is 141 Å². The fourth-order valence-electron chi connectivity index (χ4n) is 3.53. The van der Waals surface area contributed by atoms with Gasteiger partial charge in [0.1, 0.15) is 11.6 Å². The van der Waals surface area contributed by atoms with Gasteiger partial charge in [-0.2, -0.15) is 0 Å². The van der Waals surface area contributed by atoms with Gasteiger partial charge in [0.25, 0.3) is 0 Å². The van der Waals surface area contributed by atoms with Crippen LogP contribution in [-0.4, -0.2) is 22.6 Å². The van der Waals surface area contributed by atoms with E-state index < -0.39 is 0 Å². The molecule has 3 heterocycles. The van der Waals surface area contributed by atoms with Crippen LogP contribution in [0.25, 0.3) is 5.52 Å². The number of rotatable bonds is 3. The summed E-state index contributed by atoms with van der Waals surface area (Å²) in [6.45, 7) is 5.83. The minimum Gasteiger partial charge on any atom is -0.380 e. The SMILES string of the molecule is Cc1cn2c(C3(C)CCOC3)ncc2cc1Cc1cccc(F)c1. The molecule has 1 saturated heterocycles. The van der Waals surface area contributed by atoms with E-state index in [1.54, 1.807) is 12.1 Å². The van der Waals surface area contributed by atoms with E-state index in [-0.39, 0.29) is 11.2 Å². The van der Waals surface area contributed by atoms with Crippen molar-refractivity contribution in [2.24, 2.45) is 0 Å². The van der Waals surface area contributed by atoms with Gasteiger partial charge in [-0.1, -0.05) is 19.1 Å². The molecule has 4 rings (SSSR count). The van der Waals surface area contributed by atoms with Crippen molar-refractivity contribution in [1.29, 1.82) is 0 Å². The lowest BCUT2D eigenvalue weighted by atomic mass is 9.89. The van der Waals surface area contributed by atoms with Crippen LogP contribution in [0.15, 0.2) is 42.7 Å². The minimum atomic E-state index is -0.188. The summed E-state index contributed by atoms with van der Waals surface area (Å²) in [5, 5.41) is 0. The van der Waals surface area contributed by atoms with Crippen LogP contribution in [0.2, 0.25) is 0 Å². The molecule has 4 heteroatoms. The molecule has 24 heavy (non-hydrogen) atoms. The lowest BCUT2D eigenvalue weighted by Gasteiger charge is -2.20. The third kappa shape index (κ3) is 2.61. The monoisotopic (exact) mass is 324 g/mol. The number of hydrogen-bond donors (Lipinski definition) is 0. The summed E-state index contributed by atoms with van der Waals surface area (Å²) >= 11 is 0. The van der Waals surface area contributed by atoms with Crippen molar-refractivity contribution in [3.63, 3.8) is 0 Å². The minimum absolute atomic E-state index is 0.0249. The zero-order valence-corrected chi connectivity index (χ0v) is 14.1. The van der Waals surface area contributed by atoms with Crippen molar-refractivity contribution in [2.45, 2.75) is 32.1 Å². The van der Waals surface area contributed by atoms with Crippen LogP contribution in [0.4, 0.5) is 4.39 Å². The Morgan fingerprint density at radius 3 is 2.96 bits per heavy atom. The summed E-state index contributed by atoms with van der Waals surface area (Å²) in [6.07, 6.45) is 5.79. The van der Waals surface area contributed by atoms with Gasteiger partial charge in [-0.3, -0.25) is 0 Å². The first-order valence-electron chi connectivity index (χ1n) is 8.34. The zero-order chi connectivity index (χ0) is 16.7. The summed E-state index contributed by atoms with van der Waals surface area (Å²) in [6, 6.07) is 8.97. The molecule has 1 aliphatic rings. The molecule has 0 bridgehead atoms. The Bertz CT molecular complexity index is 894. The summed E-state index contributed by atoms with van der Waals surface area (Å²) in [7, 11) is 0. The molecule has 124 valence electrons. The molecule has 0 amide bonds. The van der Waals surface area contributed by atoms with E-state index in [1.165, 1.54) is 17.2 Å². The predicted octanol–water partition coefficient (Wildman–Crippen LogP) is 4.05. The largest absolute Gasteiger partial charge is 0.380 e. The van der Waals surface area contributed by atoms with E-state index in [1.807, 2.05) is 12.3 Å². The molecule has 3 nitrogen and oxygen atoms in total. The molecule has 1 unspecified atom stereocenters. The van der Waals surface area contributed by atoms with E-state index in [9.17, 15) is 4.39 Å². The van der Waals surface area contributed by atoms with E-state index in [0.717, 1.165) is 43.0 Å². The molecular formula is C20H21FN2O. The average molecular weight is 324 g/mol. The smallest absolute Gasteiger partial charge is 0.123 e. The normalized spacial score (nSPS) is 20.8. The van der Waals surface area contributed by atoms with E-state index in [2.05, 4.69) is 35.5 Å². The van der Waals surface area contributed by atoms with Crippen LogP contribution in [0.1, 0.15) is 35.9 Å². The second kappa shape index (κ2) is 5.71. The number of aryl methyl sites for hydroxylation is 1. The Hall–Kier alpha value is -2.20. The molecule has 1 aromatic carbocycles. The van der Waals surface area contributed by atoms with Crippen LogP contribution >= 0.6 is 0 Å². The van der Waals surface area contributed by atoms with Crippen LogP contribution in [-0.2, 0) is 16.6 Å². The highest BCUT2D eigenvalue weighted by atomic mass is 19.1. The van der Waals surface area contributed by atoms with E-state index in [4.69, 9.17) is 4.74 Å². The third-order valence-corrected chi connectivity index (χ3v) is 5.02. The Morgan fingerprint density at radius 2 is 2.21 bits per heavy atom. The number of halogens is 1.